The molecule has 2 heterocycles. The summed E-state index contributed by atoms with van der Waals surface area (Å²) in [4.78, 5) is 21.5. The van der Waals surface area contributed by atoms with Crippen molar-refractivity contribution in [2.24, 2.45) is 5.10 Å². The van der Waals surface area contributed by atoms with E-state index in [9.17, 15) is 14.9 Å². The van der Waals surface area contributed by atoms with Gasteiger partial charge in [0.05, 0.1) is 18.9 Å². The molecule has 10 heteroatoms. The third-order valence-corrected chi connectivity index (χ3v) is 3.67. The van der Waals surface area contributed by atoms with Gasteiger partial charge < -0.3 is 9.15 Å². The van der Waals surface area contributed by atoms with Crippen molar-refractivity contribution >= 4 is 18.2 Å². The van der Waals surface area contributed by atoms with Crippen molar-refractivity contribution < 1.29 is 18.9 Å². The first-order chi connectivity index (χ1) is 13.0. The lowest BCUT2D eigenvalue weighted by Gasteiger charge is -2.00. The average molecular weight is 377 g/mol. The van der Waals surface area contributed by atoms with Crippen LogP contribution in [0.4, 0.5) is 10.7 Å². The Bertz CT molecular complexity index is 795. The smallest absolute Gasteiger partial charge is 0.433 e. The number of amides is 1. The zero-order valence-corrected chi connectivity index (χ0v) is 15.4. The molecule has 0 aromatic carbocycles. The number of nitrogens with one attached hydrogen (secondary N) is 1. The molecule has 2 aromatic rings. The van der Waals surface area contributed by atoms with Crippen LogP contribution in [-0.4, -0.2) is 33.6 Å². The first-order valence-corrected chi connectivity index (χ1v) is 8.83. The van der Waals surface area contributed by atoms with E-state index in [2.05, 4.69) is 22.5 Å². The Balaban J connectivity index is 2.19. The van der Waals surface area contributed by atoms with Crippen LogP contribution in [0.15, 0.2) is 27.8 Å². The van der Waals surface area contributed by atoms with Crippen molar-refractivity contribution in [1.82, 2.24) is 15.2 Å². The number of furan rings is 1. The molecule has 0 aliphatic rings. The number of hydrazone groups is 1. The minimum absolute atomic E-state index is 0.234. The van der Waals surface area contributed by atoms with E-state index in [1.165, 1.54) is 18.3 Å². The van der Waals surface area contributed by atoms with Crippen LogP contribution in [0, 0.1) is 10.1 Å². The summed E-state index contributed by atoms with van der Waals surface area (Å²) >= 11 is 0. The van der Waals surface area contributed by atoms with Gasteiger partial charge in [0.25, 0.3) is 0 Å². The van der Waals surface area contributed by atoms with Gasteiger partial charge in [0.15, 0.2) is 5.76 Å². The zero-order chi connectivity index (χ0) is 19.6. The number of nitro groups is 1. The van der Waals surface area contributed by atoms with E-state index in [1.807, 2.05) is 0 Å². The molecule has 0 atom stereocenters. The number of carbonyl (C=O) groups excluding carboxylic acids is 1. The van der Waals surface area contributed by atoms with Crippen LogP contribution >= 0.6 is 0 Å². The largest absolute Gasteiger partial charge is 0.449 e. The lowest BCUT2D eigenvalue weighted by molar-refractivity contribution is -0.401. The van der Waals surface area contributed by atoms with Gasteiger partial charge in [0, 0.05) is 18.3 Å². The summed E-state index contributed by atoms with van der Waals surface area (Å²) in [5.41, 5.74) is 3.21. The molecular formula is C17H23N5O5. The fourth-order valence-corrected chi connectivity index (χ4v) is 2.41. The number of hydrogen-bond acceptors (Lipinski definition) is 7. The zero-order valence-electron chi connectivity index (χ0n) is 15.4. The highest BCUT2D eigenvalue weighted by molar-refractivity contribution is 5.88. The quantitative estimate of drug-likeness (QED) is 0.291. The second kappa shape index (κ2) is 10.1. The first-order valence-electron chi connectivity index (χ1n) is 8.83. The lowest BCUT2D eigenvalue weighted by Crippen LogP contribution is -2.18. The molecule has 0 spiro atoms. The Morgan fingerprint density at radius 3 is 2.89 bits per heavy atom. The molecule has 0 bridgehead atoms. The minimum atomic E-state index is -0.670. The number of rotatable bonds is 10. The lowest BCUT2D eigenvalue weighted by atomic mass is 10.2. The molecule has 2 aromatic heterocycles. The van der Waals surface area contributed by atoms with Gasteiger partial charge in [-0.3, -0.25) is 14.8 Å². The Labute approximate surface area is 156 Å². The van der Waals surface area contributed by atoms with Crippen LogP contribution in [0.25, 0.3) is 11.5 Å². The Kier molecular flexibility index (Phi) is 7.53. The second-order valence-electron chi connectivity index (χ2n) is 5.74. The highest BCUT2D eigenvalue weighted by Crippen LogP contribution is 2.27. The summed E-state index contributed by atoms with van der Waals surface area (Å²) in [6.45, 7) is 4.77. The summed E-state index contributed by atoms with van der Waals surface area (Å²) < 4.78 is 11.7. The van der Waals surface area contributed by atoms with Gasteiger partial charge in [-0.1, -0.05) is 26.2 Å². The molecule has 1 N–H and O–H groups in total. The van der Waals surface area contributed by atoms with E-state index in [1.54, 1.807) is 17.8 Å². The summed E-state index contributed by atoms with van der Waals surface area (Å²) in [6, 6.07) is 2.76. The topological polar surface area (TPSA) is 125 Å². The highest BCUT2D eigenvalue weighted by Gasteiger charge is 2.18. The maximum absolute atomic E-state index is 11.3. The molecular weight excluding hydrogens is 354 g/mol. The first kappa shape index (κ1) is 20.1. The van der Waals surface area contributed by atoms with Gasteiger partial charge in [0.1, 0.15) is 10.6 Å². The molecule has 146 valence electrons. The van der Waals surface area contributed by atoms with Gasteiger partial charge in [-0.25, -0.2) is 10.2 Å². The molecule has 0 aliphatic carbocycles. The molecule has 2 rings (SSSR count). The summed E-state index contributed by atoms with van der Waals surface area (Å²) in [6.07, 6.45) is 6.82. The predicted molar refractivity (Wildman–Crippen MR) is 98.5 cm³/mol. The molecule has 27 heavy (non-hydrogen) atoms. The summed E-state index contributed by atoms with van der Waals surface area (Å²) in [5, 5.41) is 19.1. The molecule has 10 nitrogen and oxygen atoms in total. The number of nitrogens with zero attached hydrogens (tertiary/aromatic N) is 4. The standard InChI is InChI=1S/C17H23N5O5/c1-3-5-6-7-10-21-12-13(11-18-19-17(23)26-4-2)16(20-21)14-8-9-15(27-14)22(24)25/h8-9,11-12H,3-7,10H2,1-2H3,(H,19,23). The molecule has 1 amide bonds. The fraction of sp³-hybridized carbons (Fsp3) is 0.471. The van der Waals surface area contributed by atoms with Crippen molar-refractivity contribution in [3.8, 4) is 11.5 Å². The molecule has 0 fully saturated rings. The van der Waals surface area contributed by atoms with Crippen LogP contribution < -0.4 is 5.43 Å². The number of aryl methyl sites for hydroxylation is 1. The maximum Gasteiger partial charge on any atom is 0.433 e. The molecule has 0 unspecified atom stereocenters. The van der Waals surface area contributed by atoms with Gasteiger partial charge >= 0.3 is 12.0 Å². The van der Waals surface area contributed by atoms with Crippen LogP contribution in [0.3, 0.4) is 0 Å². The van der Waals surface area contributed by atoms with E-state index >= 15 is 0 Å². The van der Waals surface area contributed by atoms with E-state index < -0.39 is 11.0 Å². The van der Waals surface area contributed by atoms with Crippen LogP contribution in [0.1, 0.15) is 45.1 Å². The van der Waals surface area contributed by atoms with Crippen molar-refractivity contribution in [2.75, 3.05) is 6.61 Å². The molecule has 0 radical (unpaired) electrons. The average Bonchev–Trinajstić information content (AvgIpc) is 3.26. The predicted octanol–water partition coefficient (Wildman–Crippen LogP) is 3.71. The van der Waals surface area contributed by atoms with E-state index in [-0.39, 0.29) is 18.3 Å². The number of carbonyl (C=O) groups is 1. The molecule has 0 aliphatic heterocycles. The SMILES string of the molecule is CCCCCCn1cc(C=NNC(=O)OCC)c(-c2ccc([N+](=O)[O-])o2)n1. The Morgan fingerprint density at radius 2 is 2.22 bits per heavy atom. The van der Waals surface area contributed by atoms with E-state index in [0.29, 0.717) is 17.8 Å². The van der Waals surface area contributed by atoms with Crippen LogP contribution in [0.5, 0.6) is 0 Å². The van der Waals surface area contributed by atoms with Crippen molar-refractivity contribution in [3.63, 3.8) is 0 Å². The van der Waals surface area contributed by atoms with E-state index in [4.69, 9.17) is 9.15 Å². The highest BCUT2D eigenvalue weighted by atomic mass is 16.6. The van der Waals surface area contributed by atoms with Crippen molar-refractivity contribution in [3.05, 3.63) is 34.0 Å². The van der Waals surface area contributed by atoms with E-state index in [0.717, 1.165) is 25.7 Å². The molecule has 0 saturated carbocycles. The van der Waals surface area contributed by atoms with Gasteiger partial charge in [-0.05, 0) is 19.4 Å². The number of aromatic nitrogens is 2. The third kappa shape index (κ3) is 5.94. The third-order valence-electron chi connectivity index (χ3n) is 3.67. The van der Waals surface area contributed by atoms with Gasteiger partial charge in [0.2, 0.25) is 0 Å². The second-order valence-corrected chi connectivity index (χ2v) is 5.74. The number of unbranched alkanes of at least 4 members (excludes halogenated alkanes) is 3. The van der Waals surface area contributed by atoms with Gasteiger partial charge in [-0.15, -0.1) is 0 Å². The van der Waals surface area contributed by atoms with Crippen LogP contribution in [-0.2, 0) is 11.3 Å². The fourth-order valence-electron chi connectivity index (χ4n) is 2.41. The summed E-state index contributed by atoms with van der Waals surface area (Å²) in [7, 11) is 0. The Morgan fingerprint density at radius 1 is 1.41 bits per heavy atom. The molecule has 0 saturated heterocycles. The van der Waals surface area contributed by atoms with Crippen molar-refractivity contribution in [2.45, 2.75) is 46.1 Å². The number of hydrogen-bond donors (Lipinski definition) is 1. The van der Waals surface area contributed by atoms with Crippen LogP contribution in [0.2, 0.25) is 0 Å². The monoisotopic (exact) mass is 377 g/mol. The normalized spacial score (nSPS) is 11.0. The Hall–Kier alpha value is -3.17. The summed E-state index contributed by atoms with van der Waals surface area (Å²) in [5.74, 6) is -0.110. The number of ether oxygens (including phenoxy) is 1. The maximum atomic E-state index is 11.3. The van der Waals surface area contributed by atoms with Crippen molar-refractivity contribution in [1.29, 1.82) is 0 Å². The minimum Gasteiger partial charge on any atom is -0.449 e. The van der Waals surface area contributed by atoms with Gasteiger partial charge in [-0.2, -0.15) is 10.2 Å².